The number of hydrogen-bond acceptors (Lipinski definition) is 8. The molecular weight excluding hydrogens is 442 g/mol. The van der Waals surface area contributed by atoms with Crippen LogP contribution in [-0.2, 0) is 29.6 Å². The number of imidazole rings is 1. The molecule has 33 heavy (non-hydrogen) atoms. The third-order valence-electron chi connectivity index (χ3n) is 6.60. The van der Waals surface area contributed by atoms with Crippen LogP contribution in [0.5, 0.6) is 0 Å². The number of anilines is 1. The first-order valence-electron chi connectivity index (χ1n) is 11.3. The van der Waals surface area contributed by atoms with Gasteiger partial charge in [-0.15, -0.1) is 0 Å². The monoisotopic (exact) mass is 471 g/mol. The highest BCUT2D eigenvalue weighted by molar-refractivity contribution is 7.90. The van der Waals surface area contributed by atoms with Gasteiger partial charge in [-0.25, -0.2) is 23.4 Å². The molecule has 5 rings (SSSR count). The first-order valence-corrected chi connectivity index (χ1v) is 13.2. The molecule has 1 atom stereocenters. The first-order chi connectivity index (χ1) is 15.7. The largest absolute Gasteiger partial charge is 0.392 e. The van der Waals surface area contributed by atoms with Gasteiger partial charge in [-0.1, -0.05) is 13.8 Å². The summed E-state index contributed by atoms with van der Waals surface area (Å²) in [5.41, 5.74) is 3.51. The van der Waals surface area contributed by atoms with E-state index >= 15 is 0 Å². The van der Waals surface area contributed by atoms with E-state index in [-0.39, 0.29) is 30.1 Å². The van der Waals surface area contributed by atoms with E-state index < -0.39 is 9.84 Å². The molecule has 3 aromatic rings. The Morgan fingerprint density at radius 2 is 1.82 bits per heavy atom. The van der Waals surface area contributed by atoms with Crippen LogP contribution in [0.4, 0.5) is 5.95 Å². The fourth-order valence-electron chi connectivity index (χ4n) is 4.89. The summed E-state index contributed by atoms with van der Waals surface area (Å²) >= 11 is 0. The number of aliphatic hydroxyl groups is 2. The van der Waals surface area contributed by atoms with Crippen LogP contribution in [0.1, 0.15) is 61.3 Å². The molecule has 0 unspecified atom stereocenters. The maximum atomic E-state index is 12.3. The molecule has 3 heterocycles. The molecular formula is C23H29N5O4S. The lowest BCUT2D eigenvalue weighted by Gasteiger charge is -2.38. The van der Waals surface area contributed by atoms with Crippen LogP contribution >= 0.6 is 0 Å². The normalized spacial score (nSPS) is 18.8. The van der Waals surface area contributed by atoms with Crippen LogP contribution in [0.25, 0.3) is 11.0 Å². The predicted molar refractivity (Wildman–Crippen MR) is 124 cm³/mol. The summed E-state index contributed by atoms with van der Waals surface area (Å²) in [5.74, 6) is 2.06. The average Bonchev–Trinajstić information content (AvgIpc) is 3.56. The highest BCUT2D eigenvalue weighted by atomic mass is 32.2. The van der Waals surface area contributed by atoms with Gasteiger partial charge in [0.1, 0.15) is 5.82 Å². The van der Waals surface area contributed by atoms with E-state index in [9.17, 15) is 18.6 Å². The van der Waals surface area contributed by atoms with Crippen molar-refractivity contribution >= 4 is 26.8 Å². The minimum absolute atomic E-state index is 0.0641. The van der Waals surface area contributed by atoms with Crippen molar-refractivity contribution in [2.75, 3.05) is 17.7 Å². The minimum atomic E-state index is -3.49. The SMILES string of the molecule is CC(C)[C@H]1c2nc3cc(CO)c(S(C)(=O)=O)cc3n2CCN1c1ncc(CO)c(C2CC2)n1. The summed E-state index contributed by atoms with van der Waals surface area (Å²) in [6.45, 7) is 5.08. The molecule has 2 N–H and O–H groups in total. The fourth-order valence-corrected chi connectivity index (χ4v) is 5.82. The number of nitrogens with zero attached hydrogens (tertiary/aromatic N) is 5. The zero-order valence-electron chi connectivity index (χ0n) is 19.1. The molecule has 176 valence electrons. The van der Waals surface area contributed by atoms with Gasteiger partial charge in [-0.2, -0.15) is 0 Å². The minimum Gasteiger partial charge on any atom is -0.392 e. The van der Waals surface area contributed by atoms with Crippen molar-refractivity contribution in [1.82, 2.24) is 19.5 Å². The van der Waals surface area contributed by atoms with Gasteiger partial charge >= 0.3 is 0 Å². The number of hydrogen-bond donors (Lipinski definition) is 2. The number of aromatic nitrogens is 4. The number of rotatable bonds is 6. The second kappa shape index (κ2) is 8.03. The number of benzene rings is 1. The molecule has 1 fully saturated rings. The van der Waals surface area contributed by atoms with Gasteiger partial charge in [-0.05, 0) is 36.5 Å². The maximum Gasteiger partial charge on any atom is 0.226 e. The Kier molecular flexibility index (Phi) is 5.42. The van der Waals surface area contributed by atoms with Crippen molar-refractivity contribution in [3.63, 3.8) is 0 Å². The van der Waals surface area contributed by atoms with Crippen LogP contribution < -0.4 is 4.90 Å². The van der Waals surface area contributed by atoms with Crippen molar-refractivity contribution in [2.45, 2.75) is 63.3 Å². The molecule has 0 saturated heterocycles. The Labute approximate surface area is 193 Å². The van der Waals surface area contributed by atoms with Crippen LogP contribution in [-0.4, -0.2) is 51.0 Å². The third-order valence-corrected chi connectivity index (χ3v) is 7.78. The summed E-state index contributed by atoms with van der Waals surface area (Å²) in [6, 6.07) is 3.21. The van der Waals surface area contributed by atoms with Crippen LogP contribution in [0.15, 0.2) is 23.2 Å². The van der Waals surface area contributed by atoms with E-state index in [1.807, 2.05) is 0 Å². The van der Waals surface area contributed by atoms with Crippen LogP contribution in [0.2, 0.25) is 0 Å². The Balaban J connectivity index is 1.63. The molecule has 0 radical (unpaired) electrons. The Morgan fingerprint density at radius 1 is 1.09 bits per heavy atom. The zero-order valence-corrected chi connectivity index (χ0v) is 19.9. The number of aliphatic hydroxyl groups excluding tert-OH is 2. The lowest BCUT2D eigenvalue weighted by molar-refractivity contribution is 0.278. The second-order valence-electron chi connectivity index (χ2n) is 9.40. The average molecular weight is 472 g/mol. The van der Waals surface area contributed by atoms with Crippen molar-refractivity contribution in [2.24, 2.45) is 5.92 Å². The Hall–Kier alpha value is -2.56. The van der Waals surface area contributed by atoms with E-state index in [1.165, 1.54) is 0 Å². The Morgan fingerprint density at radius 3 is 2.42 bits per heavy atom. The van der Waals surface area contributed by atoms with Crippen molar-refractivity contribution in [1.29, 1.82) is 0 Å². The maximum absolute atomic E-state index is 12.3. The smallest absolute Gasteiger partial charge is 0.226 e. The van der Waals surface area contributed by atoms with E-state index in [0.717, 1.165) is 41.7 Å². The van der Waals surface area contributed by atoms with Gasteiger partial charge in [0.15, 0.2) is 9.84 Å². The third kappa shape index (κ3) is 3.79. The van der Waals surface area contributed by atoms with Gasteiger partial charge in [0, 0.05) is 37.0 Å². The van der Waals surface area contributed by atoms with Crippen molar-refractivity contribution in [3.8, 4) is 0 Å². The number of fused-ring (bicyclic) bond motifs is 3. The van der Waals surface area contributed by atoms with Gasteiger partial charge < -0.3 is 19.7 Å². The second-order valence-corrected chi connectivity index (χ2v) is 11.4. The number of sulfone groups is 1. The lowest BCUT2D eigenvalue weighted by atomic mass is 10.00. The Bertz CT molecular complexity index is 1330. The van der Waals surface area contributed by atoms with E-state index in [1.54, 1.807) is 18.3 Å². The van der Waals surface area contributed by atoms with Gasteiger partial charge in [0.05, 0.1) is 40.9 Å². The summed E-state index contributed by atoms with van der Waals surface area (Å²) in [7, 11) is -3.49. The summed E-state index contributed by atoms with van der Waals surface area (Å²) in [6.07, 6.45) is 5.06. The van der Waals surface area contributed by atoms with Gasteiger partial charge in [0.2, 0.25) is 5.95 Å². The standard InChI is InChI=1S/C23H29N5O4S/c1-13(2)21-22-25-17-8-15(11-29)19(33(3,31)32)9-18(17)27(22)6-7-28(21)23-24-10-16(12-30)20(26-23)14-4-5-14/h8-10,13-14,21,29-30H,4-7,11-12H2,1-3H3/t21-/m0/s1. The zero-order chi connectivity index (χ0) is 23.5. The lowest BCUT2D eigenvalue weighted by Crippen LogP contribution is -2.42. The highest BCUT2D eigenvalue weighted by Gasteiger charge is 2.36. The molecule has 0 spiro atoms. The van der Waals surface area contributed by atoms with Crippen molar-refractivity contribution in [3.05, 3.63) is 41.0 Å². The summed E-state index contributed by atoms with van der Waals surface area (Å²) < 4.78 is 26.7. The molecule has 10 heteroatoms. The van der Waals surface area contributed by atoms with Gasteiger partial charge in [0.25, 0.3) is 0 Å². The van der Waals surface area contributed by atoms with Crippen LogP contribution in [0.3, 0.4) is 0 Å². The molecule has 2 aliphatic rings. The molecule has 9 nitrogen and oxygen atoms in total. The van der Waals surface area contributed by atoms with E-state index in [0.29, 0.717) is 36.0 Å². The summed E-state index contributed by atoms with van der Waals surface area (Å²) in [4.78, 5) is 16.6. The fraction of sp³-hybridized carbons (Fsp3) is 0.522. The molecule has 1 aromatic carbocycles. The first kappa shape index (κ1) is 22.2. The summed E-state index contributed by atoms with van der Waals surface area (Å²) in [5, 5.41) is 19.5. The quantitative estimate of drug-likeness (QED) is 0.562. The van der Waals surface area contributed by atoms with Gasteiger partial charge in [-0.3, -0.25) is 0 Å². The molecule has 1 saturated carbocycles. The molecule has 1 aliphatic carbocycles. The molecule has 0 bridgehead atoms. The van der Waals surface area contributed by atoms with E-state index in [4.69, 9.17) is 9.97 Å². The van der Waals surface area contributed by atoms with Crippen LogP contribution in [0, 0.1) is 5.92 Å². The molecule has 0 amide bonds. The van der Waals surface area contributed by atoms with Crippen molar-refractivity contribution < 1.29 is 18.6 Å². The topological polar surface area (TPSA) is 121 Å². The molecule has 1 aliphatic heterocycles. The predicted octanol–water partition coefficient (Wildman–Crippen LogP) is 2.31. The highest BCUT2D eigenvalue weighted by Crippen LogP contribution is 2.42. The van der Waals surface area contributed by atoms with E-state index in [2.05, 4.69) is 28.3 Å². The molecule has 2 aromatic heterocycles.